The molecule has 3 N–H and O–H groups in total. The zero-order chi connectivity index (χ0) is 18.2. The number of hydrogen-bond acceptors (Lipinski definition) is 3. The molecule has 1 aromatic heterocycles. The van der Waals surface area contributed by atoms with Crippen LogP contribution in [0.5, 0.6) is 0 Å². The third-order valence-corrected chi connectivity index (χ3v) is 3.94. The van der Waals surface area contributed by atoms with Crippen LogP contribution in [0.1, 0.15) is 17.7 Å². The number of benzene rings is 1. The molecule has 25 heavy (non-hydrogen) atoms. The summed E-state index contributed by atoms with van der Waals surface area (Å²) in [5, 5.41) is 13.7. The van der Waals surface area contributed by atoms with E-state index in [1.165, 1.54) is 0 Å². The maximum Gasteiger partial charge on any atom is 0.226 e. The van der Waals surface area contributed by atoms with Gasteiger partial charge in [-0.3, -0.25) is 14.5 Å². The average Bonchev–Trinajstić information content (AvgIpc) is 2.98. The lowest BCUT2D eigenvalue weighted by Crippen LogP contribution is -2.38. The Morgan fingerprint density at radius 3 is 2.76 bits per heavy atom. The fourth-order valence-electron chi connectivity index (χ4n) is 2.20. The van der Waals surface area contributed by atoms with Gasteiger partial charge in [-0.2, -0.15) is 5.10 Å². The number of hydrogen-bond donors (Lipinski definition) is 3. The van der Waals surface area contributed by atoms with Crippen LogP contribution in [-0.2, 0) is 18.4 Å². The van der Waals surface area contributed by atoms with Crippen molar-refractivity contribution in [2.45, 2.75) is 19.9 Å². The topological polar surface area (TPSA) is 83.3 Å². The summed E-state index contributed by atoms with van der Waals surface area (Å²) in [6.07, 6.45) is 2.05. The van der Waals surface area contributed by atoms with Crippen LogP contribution in [0.15, 0.2) is 35.5 Å². The lowest BCUT2D eigenvalue weighted by molar-refractivity contribution is -0.116. The van der Waals surface area contributed by atoms with E-state index in [-0.39, 0.29) is 5.91 Å². The Labute approximate surface area is 152 Å². The lowest BCUT2D eigenvalue weighted by Gasteiger charge is -2.12. The SMILES string of the molecule is CN=C(NCCC(=O)Nc1ccc(C)cc1Cl)NCc1ccnn1C. The van der Waals surface area contributed by atoms with Crippen LogP contribution in [0.3, 0.4) is 0 Å². The lowest BCUT2D eigenvalue weighted by atomic mass is 10.2. The molecule has 8 heteroatoms. The first kappa shape index (κ1) is 18.8. The van der Waals surface area contributed by atoms with Gasteiger partial charge in [0, 0.05) is 33.3 Å². The van der Waals surface area contributed by atoms with Crippen molar-refractivity contribution in [3.63, 3.8) is 0 Å². The average molecular weight is 363 g/mol. The van der Waals surface area contributed by atoms with Gasteiger partial charge in [0.05, 0.1) is 22.9 Å². The molecular weight excluding hydrogens is 340 g/mol. The second kappa shape index (κ2) is 9.08. The highest BCUT2D eigenvalue weighted by atomic mass is 35.5. The smallest absolute Gasteiger partial charge is 0.226 e. The van der Waals surface area contributed by atoms with Crippen LogP contribution in [0.25, 0.3) is 0 Å². The minimum atomic E-state index is -0.111. The number of rotatable bonds is 6. The number of anilines is 1. The van der Waals surface area contributed by atoms with Gasteiger partial charge < -0.3 is 16.0 Å². The number of nitrogens with zero attached hydrogens (tertiary/aromatic N) is 3. The maximum atomic E-state index is 12.0. The fraction of sp³-hybridized carbons (Fsp3) is 0.353. The van der Waals surface area contributed by atoms with Crippen LogP contribution in [-0.4, -0.2) is 35.2 Å². The van der Waals surface area contributed by atoms with E-state index in [0.717, 1.165) is 11.3 Å². The maximum absolute atomic E-state index is 12.0. The molecule has 0 saturated heterocycles. The van der Waals surface area contributed by atoms with Crippen molar-refractivity contribution in [1.29, 1.82) is 0 Å². The quantitative estimate of drug-likeness (QED) is 0.542. The van der Waals surface area contributed by atoms with Crippen LogP contribution in [0.2, 0.25) is 5.02 Å². The van der Waals surface area contributed by atoms with E-state index in [4.69, 9.17) is 11.6 Å². The van der Waals surface area contributed by atoms with E-state index in [2.05, 4.69) is 26.0 Å². The molecule has 0 saturated carbocycles. The monoisotopic (exact) mass is 362 g/mol. The molecule has 0 fully saturated rings. The second-order valence-electron chi connectivity index (χ2n) is 5.58. The van der Waals surface area contributed by atoms with Crippen molar-refractivity contribution in [2.75, 3.05) is 18.9 Å². The standard InChI is InChI=1S/C17H23ClN6O/c1-12-4-5-15(14(18)10-12)23-16(25)7-8-20-17(19-2)21-11-13-6-9-22-24(13)3/h4-6,9-10H,7-8,11H2,1-3H3,(H,23,25)(H2,19,20,21). The van der Waals surface area contributed by atoms with Gasteiger partial charge in [0.2, 0.25) is 5.91 Å². The molecule has 0 radical (unpaired) electrons. The summed E-state index contributed by atoms with van der Waals surface area (Å²) in [5.74, 6) is 0.516. The van der Waals surface area contributed by atoms with Gasteiger partial charge in [-0.25, -0.2) is 0 Å². The normalized spacial score (nSPS) is 11.3. The van der Waals surface area contributed by atoms with Gasteiger partial charge in [-0.1, -0.05) is 17.7 Å². The molecule has 0 bridgehead atoms. The highest BCUT2D eigenvalue weighted by Crippen LogP contribution is 2.22. The Hall–Kier alpha value is -2.54. The largest absolute Gasteiger partial charge is 0.356 e. The molecule has 1 heterocycles. The number of amides is 1. The summed E-state index contributed by atoms with van der Waals surface area (Å²) in [7, 11) is 3.57. The van der Waals surface area contributed by atoms with E-state index in [9.17, 15) is 4.79 Å². The second-order valence-corrected chi connectivity index (χ2v) is 5.99. The zero-order valence-corrected chi connectivity index (χ0v) is 15.4. The Morgan fingerprint density at radius 2 is 2.12 bits per heavy atom. The number of aryl methyl sites for hydroxylation is 2. The van der Waals surface area contributed by atoms with Crippen molar-refractivity contribution in [1.82, 2.24) is 20.4 Å². The Kier molecular flexibility index (Phi) is 6.82. The highest BCUT2D eigenvalue weighted by Gasteiger charge is 2.07. The molecular formula is C17H23ClN6O. The summed E-state index contributed by atoms with van der Waals surface area (Å²) in [5.41, 5.74) is 2.71. The van der Waals surface area contributed by atoms with E-state index >= 15 is 0 Å². The number of halogens is 1. The predicted molar refractivity (Wildman–Crippen MR) is 101 cm³/mol. The molecule has 0 unspecified atom stereocenters. The minimum absolute atomic E-state index is 0.111. The Bertz CT molecular complexity index is 755. The third kappa shape index (κ3) is 5.79. The van der Waals surface area contributed by atoms with E-state index < -0.39 is 0 Å². The number of guanidine groups is 1. The number of nitrogens with one attached hydrogen (secondary N) is 3. The molecule has 0 aliphatic heterocycles. The molecule has 1 amide bonds. The molecule has 0 atom stereocenters. The van der Waals surface area contributed by atoms with Crippen molar-refractivity contribution in [2.24, 2.45) is 12.0 Å². The van der Waals surface area contributed by atoms with Crippen LogP contribution < -0.4 is 16.0 Å². The summed E-state index contributed by atoms with van der Waals surface area (Å²) in [6.45, 7) is 3.01. The fourth-order valence-corrected chi connectivity index (χ4v) is 2.48. The van der Waals surface area contributed by atoms with E-state index in [1.54, 1.807) is 24.0 Å². The van der Waals surface area contributed by atoms with E-state index in [0.29, 0.717) is 36.2 Å². The van der Waals surface area contributed by atoms with Crippen molar-refractivity contribution < 1.29 is 4.79 Å². The van der Waals surface area contributed by atoms with Gasteiger partial charge in [0.15, 0.2) is 5.96 Å². The summed E-state index contributed by atoms with van der Waals surface area (Å²) < 4.78 is 1.79. The van der Waals surface area contributed by atoms with Gasteiger partial charge >= 0.3 is 0 Å². The molecule has 0 aliphatic carbocycles. The van der Waals surface area contributed by atoms with Crippen LogP contribution in [0.4, 0.5) is 5.69 Å². The van der Waals surface area contributed by atoms with Crippen LogP contribution >= 0.6 is 11.6 Å². The molecule has 2 aromatic rings. The molecule has 7 nitrogen and oxygen atoms in total. The summed E-state index contributed by atoms with van der Waals surface area (Å²) in [4.78, 5) is 16.2. The van der Waals surface area contributed by atoms with Gasteiger partial charge in [0.25, 0.3) is 0 Å². The summed E-state index contributed by atoms with van der Waals surface area (Å²) in [6, 6.07) is 7.46. The van der Waals surface area contributed by atoms with Crippen molar-refractivity contribution in [3.05, 3.63) is 46.7 Å². The number of aliphatic imine (C=N–C) groups is 1. The molecule has 134 valence electrons. The first-order chi connectivity index (χ1) is 12.0. The first-order valence-corrected chi connectivity index (χ1v) is 8.35. The summed E-state index contributed by atoms with van der Waals surface area (Å²) >= 11 is 6.12. The molecule has 0 spiro atoms. The zero-order valence-electron chi connectivity index (χ0n) is 14.6. The number of carbonyl (C=O) groups excluding carboxylic acids is 1. The number of carbonyl (C=O) groups is 1. The first-order valence-electron chi connectivity index (χ1n) is 7.97. The van der Waals surface area contributed by atoms with Crippen LogP contribution in [0, 0.1) is 6.92 Å². The molecule has 2 rings (SSSR count). The molecule has 1 aromatic carbocycles. The molecule has 0 aliphatic rings. The minimum Gasteiger partial charge on any atom is -0.356 e. The van der Waals surface area contributed by atoms with Gasteiger partial charge in [-0.05, 0) is 30.7 Å². The third-order valence-electron chi connectivity index (χ3n) is 3.63. The highest BCUT2D eigenvalue weighted by molar-refractivity contribution is 6.33. The van der Waals surface area contributed by atoms with E-state index in [1.807, 2.05) is 32.2 Å². The van der Waals surface area contributed by atoms with Gasteiger partial charge in [0.1, 0.15) is 0 Å². The van der Waals surface area contributed by atoms with Crippen molar-refractivity contribution in [3.8, 4) is 0 Å². The van der Waals surface area contributed by atoms with Crippen molar-refractivity contribution >= 4 is 29.2 Å². The Morgan fingerprint density at radius 1 is 1.32 bits per heavy atom. The predicted octanol–water partition coefficient (Wildman–Crippen LogP) is 2.08. The number of aromatic nitrogens is 2. The Balaban J connectivity index is 1.74. The van der Waals surface area contributed by atoms with Gasteiger partial charge in [-0.15, -0.1) is 0 Å².